The Balaban J connectivity index is 2.25. The van der Waals surface area contributed by atoms with Crippen molar-refractivity contribution in [3.8, 4) is 0 Å². The summed E-state index contributed by atoms with van der Waals surface area (Å²) in [5.74, 6) is 0. The summed E-state index contributed by atoms with van der Waals surface area (Å²) in [6.07, 6.45) is 2.79. The predicted molar refractivity (Wildman–Crippen MR) is 43.4 cm³/mol. The summed E-state index contributed by atoms with van der Waals surface area (Å²) in [6, 6.07) is 0.0462. The van der Waals surface area contributed by atoms with Crippen LogP contribution in [0.1, 0.15) is 19.8 Å². The van der Waals surface area contributed by atoms with Gasteiger partial charge in [0.25, 0.3) is 0 Å². The fraction of sp³-hybridized carbons (Fsp3) is 1.00. The molecule has 1 heterocycles. The Kier molecular flexibility index (Phi) is 3.30. The van der Waals surface area contributed by atoms with E-state index >= 15 is 0 Å². The van der Waals surface area contributed by atoms with E-state index in [1.165, 1.54) is 0 Å². The highest BCUT2D eigenvalue weighted by Crippen LogP contribution is 2.20. The van der Waals surface area contributed by atoms with E-state index in [4.69, 9.17) is 15.2 Å². The molecule has 0 aromatic heterocycles. The van der Waals surface area contributed by atoms with Crippen LogP contribution in [0.25, 0.3) is 0 Å². The Hall–Kier alpha value is -0.120. The summed E-state index contributed by atoms with van der Waals surface area (Å²) in [7, 11) is 1.66. The number of rotatable bonds is 3. The van der Waals surface area contributed by atoms with E-state index in [1.54, 1.807) is 7.11 Å². The van der Waals surface area contributed by atoms with E-state index in [-0.39, 0.29) is 12.1 Å². The van der Waals surface area contributed by atoms with Crippen LogP contribution >= 0.6 is 0 Å². The lowest BCUT2D eigenvalue weighted by Gasteiger charge is -2.18. The quantitative estimate of drug-likeness (QED) is 0.653. The molecule has 0 aromatic rings. The zero-order valence-electron chi connectivity index (χ0n) is 7.25. The average Bonchev–Trinajstić information content (AvgIpc) is 2.36. The Morgan fingerprint density at radius 1 is 1.64 bits per heavy atom. The molecule has 1 fully saturated rings. The van der Waals surface area contributed by atoms with Gasteiger partial charge in [-0.05, 0) is 19.8 Å². The van der Waals surface area contributed by atoms with E-state index in [0.29, 0.717) is 12.7 Å². The molecule has 0 radical (unpaired) electrons. The standard InChI is InChI=1S/C8H17NO2/c1-6-3-4-8(11-6)7(9)5-10-2/h6-8H,3-5,9H2,1-2H3. The molecule has 3 atom stereocenters. The third kappa shape index (κ3) is 2.43. The van der Waals surface area contributed by atoms with Crippen molar-refractivity contribution >= 4 is 0 Å². The van der Waals surface area contributed by atoms with Gasteiger partial charge in [0.15, 0.2) is 0 Å². The highest BCUT2D eigenvalue weighted by atomic mass is 16.5. The molecular formula is C8H17NO2. The second-order valence-corrected chi connectivity index (χ2v) is 3.18. The van der Waals surface area contributed by atoms with Crippen molar-refractivity contribution in [2.24, 2.45) is 5.73 Å². The van der Waals surface area contributed by atoms with Gasteiger partial charge in [0, 0.05) is 7.11 Å². The van der Waals surface area contributed by atoms with Crippen LogP contribution in [0.5, 0.6) is 0 Å². The monoisotopic (exact) mass is 159 g/mol. The van der Waals surface area contributed by atoms with Crippen LogP contribution < -0.4 is 5.73 Å². The summed E-state index contributed by atoms with van der Waals surface area (Å²) in [5, 5.41) is 0. The van der Waals surface area contributed by atoms with Gasteiger partial charge in [-0.15, -0.1) is 0 Å². The Morgan fingerprint density at radius 3 is 2.82 bits per heavy atom. The smallest absolute Gasteiger partial charge is 0.0753 e. The molecule has 0 spiro atoms. The maximum atomic E-state index is 5.80. The number of hydrogen-bond donors (Lipinski definition) is 1. The zero-order valence-corrected chi connectivity index (χ0v) is 7.25. The van der Waals surface area contributed by atoms with Crippen LogP contribution in [0.4, 0.5) is 0 Å². The van der Waals surface area contributed by atoms with Gasteiger partial charge < -0.3 is 15.2 Å². The summed E-state index contributed by atoms with van der Waals surface area (Å²) in [6.45, 7) is 2.68. The SMILES string of the molecule is COCC(N)C1CCC(C)O1. The third-order valence-electron chi connectivity index (χ3n) is 2.10. The maximum absolute atomic E-state index is 5.80. The lowest BCUT2D eigenvalue weighted by molar-refractivity contribution is 0.0207. The number of ether oxygens (including phenoxy) is 2. The molecule has 3 heteroatoms. The lowest BCUT2D eigenvalue weighted by Crippen LogP contribution is -2.38. The lowest BCUT2D eigenvalue weighted by atomic mass is 10.1. The molecule has 2 N–H and O–H groups in total. The Labute approximate surface area is 67.9 Å². The van der Waals surface area contributed by atoms with Crippen molar-refractivity contribution in [2.45, 2.75) is 38.0 Å². The molecule has 0 aromatic carbocycles. The Bertz CT molecular complexity index is 119. The fourth-order valence-electron chi connectivity index (χ4n) is 1.45. The molecule has 3 nitrogen and oxygen atoms in total. The zero-order chi connectivity index (χ0) is 8.27. The van der Waals surface area contributed by atoms with Crippen LogP contribution in [-0.4, -0.2) is 32.0 Å². The molecule has 11 heavy (non-hydrogen) atoms. The molecule has 0 amide bonds. The summed E-state index contributed by atoms with van der Waals surface area (Å²) < 4.78 is 10.5. The molecule has 0 bridgehead atoms. The third-order valence-corrected chi connectivity index (χ3v) is 2.10. The number of methoxy groups -OCH3 is 1. The molecular weight excluding hydrogens is 142 g/mol. The summed E-state index contributed by atoms with van der Waals surface area (Å²) in [4.78, 5) is 0. The van der Waals surface area contributed by atoms with Gasteiger partial charge in [0.1, 0.15) is 0 Å². The van der Waals surface area contributed by atoms with Crippen LogP contribution in [0.3, 0.4) is 0 Å². The van der Waals surface area contributed by atoms with Gasteiger partial charge in [0.2, 0.25) is 0 Å². The predicted octanol–water partition coefficient (Wildman–Crippen LogP) is 0.528. The first kappa shape index (κ1) is 8.97. The minimum absolute atomic E-state index is 0.0462. The Morgan fingerprint density at radius 2 is 2.36 bits per heavy atom. The first-order valence-electron chi connectivity index (χ1n) is 4.14. The second kappa shape index (κ2) is 4.04. The van der Waals surface area contributed by atoms with Gasteiger partial charge in [-0.2, -0.15) is 0 Å². The highest BCUT2D eigenvalue weighted by molar-refractivity contribution is 4.79. The molecule has 1 saturated heterocycles. The van der Waals surface area contributed by atoms with Crippen molar-refractivity contribution in [3.63, 3.8) is 0 Å². The van der Waals surface area contributed by atoms with Gasteiger partial charge in [0.05, 0.1) is 24.9 Å². The van der Waals surface area contributed by atoms with Crippen molar-refractivity contribution in [1.29, 1.82) is 0 Å². The molecule has 0 aliphatic carbocycles. The topological polar surface area (TPSA) is 44.5 Å². The van der Waals surface area contributed by atoms with Crippen LogP contribution in [0.15, 0.2) is 0 Å². The summed E-state index contributed by atoms with van der Waals surface area (Å²) >= 11 is 0. The van der Waals surface area contributed by atoms with E-state index in [1.807, 2.05) is 0 Å². The molecule has 1 aliphatic rings. The largest absolute Gasteiger partial charge is 0.383 e. The van der Waals surface area contributed by atoms with Crippen molar-refractivity contribution in [3.05, 3.63) is 0 Å². The minimum atomic E-state index is 0.0462. The molecule has 1 rings (SSSR count). The highest BCUT2D eigenvalue weighted by Gasteiger charge is 2.26. The number of nitrogens with two attached hydrogens (primary N) is 1. The fourth-order valence-corrected chi connectivity index (χ4v) is 1.45. The molecule has 66 valence electrons. The van der Waals surface area contributed by atoms with Gasteiger partial charge in [-0.1, -0.05) is 0 Å². The number of hydrogen-bond acceptors (Lipinski definition) is 3. The molecule has 3 unspecified atom stereocenters. The molecule has 0 saturated carbocycles. The first-order chi connectivity index (χ1) is 5.24. The van der Waals surface area contributed by atoms with E-state index in [2.05, 4.69) is 6.92 Å². The van der Waals surface area contributed by atoms with Gasteiger partial charge in [-0.3, -0.25) is 0 Å². The minimum Gasteiger partial charge on any atom is -0.383 e. The molecule has 1 aliphatic heterocycles. The van der Waals surface area contributed by atoms with Gasteiger partial charge in [-0.25, -0.2) is 0 Å². The first-order valence-corrected chi connectivity index (χ1v) is 4.14. The normalized spacial score (nSPS) is 34.1. The van der Waals surface area contributed by atoms with Crippen molar-refractivity contribution in [1.82, 2.24) is 0 Å². The van der Waals surface area contributed by atoms with E-state index in [0.717, 1.165) is 12.8 Å². The van der Waals surface area contributed by atoms with E-state index < -0.39 is 0 Å². The van der Waals surface area contributed by atoms with E-state index in [9.17, 15) is 0 Å². The van der Waals surface area contributed by atoms with Crippen LogP contribution in [0, 0.1) is 0 Å². The van der Waals surface area contributed by atoms with Crippen LogP contribution in [-0.2, 0) is 9.47 Å². The second-order valence-electron chi connectivity index (χ2n) is 3.18. The van der Waals surface area contributed by atoms with Gasteiger partial charge >= 0.3 is 0 Å². The average molecular weight is 159 g/mol. The summed E-state index contributed by atoms with van der Waals surface area (Å²) in [5.41, 5.74) is 5.80. The van der Waals surface area contributed by atoms with Crippen molar-refractivity contribution in [2.75, 3.05) is 13.7 Å². The van der Waals surface area contributed by atoms with Crippen molar-refractivity contribution < 1.29 is 9.47 Å². The maximum Gasteiger partial charge on any atom is 0.0753 e. The van der Waals surface area contributed by atoms with Crippen LogP contribution in [0.2, 0.25) is 0 Å².